The highest BCUT2D eigenvalue weighted by molar-refractivity contribution is 6.06. The van der Waals surface area contributed by atoms with Crippen molar-refractivity contribution in [2.24, 2.45) is 0 Å². The molecule has 0 N–H and O–H groups in total. The van der Waals surface area contributed by atoms with E-state index in [1.165, 1.54) is 33.2 Å². The second kappa shape index (κ2) is 11.8. The minimum atomic E-state index is 0.847. The van der Waals surface area contributed by atoms with Crippen molar-refractivity contribution in [3.8, 4) is 56.0 Å². The van der Waals surface area contributed by atoms with E-state index in [2.05, 4.69) is 193 Å². The summed E-state index contributed by atoms with van der Waals surface area (Å²) in [4.78, 5) is 2.34. The summed E-state index contributed by atoms with van der Waals surface area (Å²) in [6.07, 6.45) is 0. The molecule has 0 spiro atoms. The van der Waals surface area contributed by atoms with Crippen LogP contribution in [0.2, 0.25) is 0 Å². The Balaban J connectivity index is 1.28. The maximum atomic E-state index is 6.94. The fraction of sp³-hybridized carbons (Fsp3) is 0. The number of rotatable bonds is 6. The highest BCUT2D eigenvalue weighted by Gasteiger charge is 2.27. The first-order chi connectivity index (χ1) is 23.8. The molecule has 1 aliphatic rings. The minimum absolute atomic E-state index is 0.847. The van der Waals surface area contributed by atoms with Gasteiger partial charge < -0.3 is 9.64 Å². The van der Waals surface area contributed by atoms with Gasteiger partial charge in [0.05, 0.1) is 5.69 Å². The summed E-state index contributed by atoms with van der Waals surface area (Å²) in [6, 6.07) is 66.8. The molecule has 2 nitrogen and oxygen atoms in total. The van der Waals surface area contributed by atoms with Crippen molar-refractivity contribution in [3.05, 3.63) is 188 Å². The van der Waals surface area contributed by atoms with Crippen LogP contribution in [0.25, 0.3) is 55.3 Å². The van der Waals surface area contributed by atoms with E-state index in [9.17, 15) is 0 Å². The average Bonchev–Trinajstić information content (AvgIpc) is 3.17. The Morgan fingerprint density at radius 3 is 1.38 bits per heavy atom. The van der Waals surface area contributed by atoms with Gasteiger partial charge in [0, 0.05) is 22.3 Å². The predicted molar refractivity (Wildman–Crippen MR) is 200 cm³/mol. The molecule has 8 aromatic carbocycles. The van der Waals surface area contributed by atoms with Crippen molar-refractivity contribution in [2.45, 2.75) is 0 Å². The molecule has 0 saturated carbocycles. The van der Waals surface area contributed by atoms with Crippen LogP contribution in [0.4, 0.5) is 17.1 Å². The molecule has 2 heteroatoms. The molecule has 0 unspecified atom stereocenters. The molecular weight excluding hydrogens is 583 g/mol. The highest BCUT2D eigenvalue weighted by Crippen LogP contribution is 2.54. The van der Waals surface area contributed by atoms with Crippen molar-refractivity contribution in [2.75, 3.05) is 4.90 Å². The monoisotopic (exact) mass is 613 g/mol. The van der Waals surface area contributed by atoms with Crippen molar-refractivity contribution in [1.82, 2.24) is 0 Å². The smallest absolute Gasteiger partial charge is 0.159 e. The van der Waals surface area contributed by atoms with Gasteiger partial charge in [0.25, 0.3) is 0 Å². The lowest BCUT2D eigenvalue weighted by molar-refractivity contribution is 0.488. The Morgan fingerprint density at radius 1 is 0.354 bits per heavy atom. The molecule has 8 aromatic rings. The minimum Gasteiger partial charge on any atom is -0.454 e. The van der Waals surface area contributed by atoms with E-state index in [1.54, 1.807) is 0 Å². The number of anilines is 3. The number of benzene rings is 8. The van der Waals surface area contributed by atoms with Crippen molar-refractivity contribution >= 4 is 27.8 Å². The van der Waals surface area contributed by atoms with Crippen LogP contribution in [0.1, 0.15) is 0 Å². The van der Waals surface area contributed by atoms with Crippen LogP contribution in [-0.2, 0) is 0 Å². The van der Waals surface area contributed by atoms with Crippen LogP contribution in [0.15, 0.2) is 188 Å². The van der Waals surface area contributed by atoms with Crippen LogP contribution in [0.3, 0.4) is 0 Å². The Bertz CT molecular complexity index is 2290. The van der Waals surface area contributed by atoms with E-state index in [-0.39, 0.29) is 0 Å². The number of fused-ring (bicyclic) bond motifs is 2. The van der Waals surface area contributed by atoms with Crippen LogP contribution in [-0.4, -0.2) is 0 Å². The summed E-state index contributed by atoms with van der Waals surface area (Å²) in [7, 11) is 0. The van der Waals surface area contributed by atoms with Crippen LogP contribution in [0, 0.1) is 0 Å². The van der Waals surface area contributed by atoms with E-state index in [0.29, 0.717) is 0 Å². The summed E-state index contributed by atoms with van der Waals surface area (Å²) >= 11 is 0. The first-order valence-electron chi connectivity index (χ1n) is 16.3. The van der Waals surface area contributed by atoms with Gasteiger partial charge in [0.15, 0.2) is 5.75 Å². The highest BCUT2D eigenvalue weighted by atomic mass is 16.5. The van der Waals surface area contributed by atoms with Crippen molar-refractivity contribution < 1.29 is 4.74 Å². The van der Waals surface area contributed by atoms with Gasteiger partial charge >= 0.3 is 0 Å². The molecule has 226 valence electrons. The topological polar surface area (TPSA) is 12.5 Å². The Morgan fingerprint density at radius 2 is 0.833 bits per heavy atom. The third kappa shape index (κ3) is 4.92. The Labute approximate surface area is 280 Å². The molecule has 1 heterocycles. The van der Waals surface area contributed by atoms with Gasteiger partial charge in [-0.1, -0.05) is 146 Å². The molecule has 0 fully saturated rings. The van der Waals surface area contributed by atoms with E-state index in [4.69, 9.17) is 4.74 Å². The molecule has 0 atom stereocenters. The molecule has 0 saturated heterocycles. The second-order valence-electron chi connectivity index (χ2n) is 12.2. The predicted octanol–water partition coefficient (Wildman–Crippen LogP) is 13.1. The molecule has 0 amide bonds. The van der Waals surface area contributed by atoms with Gasteiger partial charge in [-0.25, -0.2) is 0 Å². The van der Waals surface area contributed by atoms with E-state index in [0.717, 1.165) is 50.6 Å². The summed E-state index contributed by atoms with van der Waals surface area (Å²) in [6.45, 7) is 0. The molecule has 9 rings (SSSR count). The first kappa shape index (κ1) is 27.9. The zero-order valence-electron chi connectivity index (χ0n) is 26.3. The molecular formula is C46H31NO. The zero-order valence-corrected chi connectivity index (χ0v) is 26.3. The number of hydrogen-bond acceptors (Lipinski definition) is 2. The van der Waals surface area contributed by atoms with E-state index >= 15 is 0 Å². The van der Waals surface area contributed by atoms with Gasteiger partial charge in [-0.2, -0.15) is 0 Å². The van der Waals surface area contributed by atoms with Crippen LogP contribution in [0.5, 0.6) is 11.5 Å². The van der Waals surface area contributed by atoms with E-state index in [1.807, 2.05) is 0 Å². The first-order valence-corrected chi connectivity index (χ1v) is 16.3. The lowest BCUT2D eigenvalue weighted by Gasteiger charge is -2.31. The maximum absolute atomic E-state index is 6.94. The van der Waals surface area contributed by atoms with Crippen molar-refractivity contribution in [3.63, 3.8) is 0 Å². The summed E-state index contributed by atoms with van der Waals surface area (Å²) in [5.74, 6) is 1.73. The number of hydrogen-bond donors (Lipinski definition) is 0. The summed E-state index contributed by atoms with van der Waals surface area (Å²) in [5, 5.41) is 2.32. The molecule has 0 radical (unpaired) electrons. The largest absolute Gasteiger partial charge is 0.454 e. The zero-order chi connectivity index (χ0) is 31.9. The average molecular weight is 614 g/mol. The third-order valence-corrected chi connectivity index (χ3v) is 9.25. The molecule has 0 aromatic heterocycles. The van der Waals surface area contributed by atoms with Crippen LogP contribution >= 0.6 is 0 Å². The SMILES string of the molecule is c1ccc(-c2ccc(N(c3ccc(-c4ccccc4)cc3)c3cc(-c4ccccc4)cc4c3Oc3cccc5cccc-4c35)cc2)cc1. The lowest BCUT2D eigenvalue weighted by atomic mass is 9.91. The van der Waals surface area contributed by atoms with Crippen molar-refractivity contribution in [1.29, 1.82) is 0 Å². The summed E-state index contributed by atoms with van der Waals surface area (Å²) in [5.41, 5.74) is 12.4. The fourth-order valence-electron chi connectivity index (χ4n) is 6.90. The van der Waals surface area contributed by atoms with E-state index < -0.39 is 0 Å². The lowest BCUT2D eigenvalue weighted by Crippen LogP contribution is -2.13. The Kier molecular flexibility index (Phi) is 6.84. The molecule has 0 aliphatic carbocycles. The maximum Gasteiger partial charge on any atom is 0.159 e. The number of nitrogens with zero attached hydrogens (tertiary/aromatic N) is 1. The fourth-order valence-corrected chi connectivity index (χ4v) is 6.90. The van der Waals surface area contributed by atoms with Gasteiger partial charge in [-0.05, 0) is 86.8 Å². The van der Waals surface area contributed by atoms with Gasteiger partial charge in [-0.3, -0.25) is 0 Å². The Hall–Kier alpha value is -6.38. The van der Waals surface area contributed by atoms with Crippen LogP contribution < -0.4 is 9.64 Å². The third-order valence-electron chi connectivity index (χ3n) is 9.25. The van der Waals surface area contributed by atoms with Gasteiger partial charge in [0.1, 0.15) is 5.75 Å². The standard InChI is InChI=1S/C46H31NO/c1-4-12-32(13-5-1)35-22-26-39(27-23-35)47(40-28-24-36(25-29-40)33-14-6-2-7-15-33)43-31-38(34-16-8-3-9-17-34)30-42-41-20-10-18-37-19-11-21-44(45(37)41)48-46(42)43/h1-31H. The van der Waals surface area contributed by atoms with Gasteiger partial charge in [-0.15, -0.1) is 0 Å². The molecule has 1 aliphatic heterocycles. The quantitative estimate of drug-likeness (QED) is 0.185. The summed E-state index contributed by atoms with van der Waals surface area (Å²) < 4.78 is 6.94. The normalized spacial score (nSPS) is 11.5. The second-order valence-corrected chi connectivity index (χ2v) is 12.2. The van der Waals surface area contributed by atoms with Gasteiger partial charge in [0.2, 0.25) is 0 Å². The molecule has 0 bridgehead atoms. The number of ether oxygens (including phenoxy) is 1. The molecule has 48 heavy (non-hydrogen) atoms.